The molecule has 0 bridgehead atoms. The van der Waals surface area contributed by atoms with E-state index < -0.39 is 0 Å². The fraction of sp³-hybridized carbons (Fsp3) is 0.455. The van der Waals surface area contributed by atoms with Gasteiger partial charge in [-0.25, -0.2) is 0 Å². The molecule has 88 valence electrons. The topological polar surface area (TPSA) is 99.3 Å². The molecule has 1 aromatic rings. The lowest BCUT2D eigenvalue weighted by atomic mass is 9.94. The molecule has 0 aliphatic heterocycles. The first-order chi connectivity index (χ1) is 7.59. The third-order valence-corrected chi connectivity index (χ3v) is 2.42. The number of hydrogen-bond donors (Lipinski definition) is 2. The van der Waals surface area contributed by atoms with Gasteiger partial charge in [-0.2, -0.15) is 0 Å². The molecule has 1 heterocycles. The van der Waals surface area contributed by atoms with E-state index in [2.05, 4.69) is 0 Å². The summed E-state index contributed by atoms with van der Waals surface area (Å²) in [5.74, 6) is 0.0868. The van der Waals surface area contributed by atoms with Gasteiger partial charge in [0.2, 0.25) is 11.8 Å². The summed E-state index contributed by atoms with van der Waals surface area (Å²) >= 11 is 0. The van der Waals surface area contributed by atoms with Crippen LogP contribution in [-0.2, 0) is 9.59 Å². The summed E-state index contributed by atoms with van der Waals surface area (Å²) in [7, 11) is 0. The maximum Gasteiger partial charge on any atom is 0.217 e. The summed E-state index contributed by atoms with van der Waals surface area (Å²) in [5.41, 5.74) is 10.2. The minimum atomic E-state index is -0.351. The van der Waals surface area contributed by atoms with Crippen molar-refractivity contribution in [3.63, 3.8) is 0 Å². The Morgan fingerprint density at radius 3 is 2.12 bits per heavy atom. The van der Waals surface area contributed by atoms with E-state index in [0.717, 1.165) is 5.76 Å². The molecule has 0 spiro atoms. The molecule has 4 N–H and O–H groups in total. The molecule has 0 fully saturated rings. The molecule has 5 heteroatoms. The summed E-state index contributed by atoms with van der Waals surface area (Å²) in [6.45, 7) is 0. The highest BCUT2D eigenvalue weighted by Crippen LogP contribution is 2.26. The van der Waals surface area contributed by atoms with Crippen molar-refractivity contribution in [1.82, 2.24) is 0 Å². The Balaban J connectivity index is 2.55. The Morgan fingerprint density at radius 1 is 1.19 bits per heavy atom. The highest BCUT2D eigenvalue weighted by atomic mass is 16.3. The summed E-state index contributed by atoms with van der Waals surface area (Å²) in [5, 5.41) is 0. The molecule has 0 aliphatic carbocycles. The van der Waals surface area contributed by atoms with Gasteiger partial charge in [-0.15, -0.1) is 0 Å². The first kappa shape index (κ1) is 12.3. The van der Waals surface area contributed by atoms with E-state index in [0.29, 0.717) is 12.8 Å². The maximum atomic E-state index is 10.7. The third-order valence-electron chi connectivity index (χ3n) is 2.42. The number of nitrogens with two attached hydrogens (primary N) is 2. The van der Waals surface area contributed by atoms with Gasteiger partial charge < -0.3 is 15.9 Å². The van der Waals surface area contributed by atoms with E-state index in [1.807, 2.05) is 6.07 Å². The van der Waals surface area contributed by atoms with Crippen LogP contribution in [0.4, 0.5) is 0 Å². The highest BCUT2D eigenvalue weighted by Gasteiger charge is 2.16. The van der Waals surface area contributed by atoms with Gasteiger partial charge in [0.25, 0.3) is 0 Å². The lowest BCUT2D eigenvalue weighted by Crippen LogP contribution is -2.15. The van der Waals surface area contributed by atoms with Crippen molar-refractivity contribution >= 4 is 11.8 Å². The van der Waals surface area contributed by atoms with Crippen molar-refractivity contribution in [3.05, 3.63) is 24.2 Å². The second-order valence-corrected chi connectivity index (χ2v) is 3.72. The van der Waals surface area contributed by atoms with E-state index in [9.17, 15) is 9.59 Å². The van der Waals surface area contributed by atoms with Crippen molar-refractivity contribution in [2.24, 2.45) is 11.5 Å². The normalized spacial score (nSPS) is 10.6. The largest absolute Gasteiger partial charge is 0.469 e. The average molecular weight is 224 g/mol. The van der Waals surface area contributed by atoms with E-state index in [1.54, 1.807) is 12.3 Å². The molecule has 0 saturated carbocycles. The second-order valence-electron chi connectivity index (χ2n) is 3.72. The monoisotopic (exact) mass is 224 g/mol. The zero-order chi connectivity index (χ0) is 12.0. The number of furan rings is 1. The van der Waals surface area contributed by atoms with Gasteiger partial charge in [-0.05, 0) is 25.0 Å². The van der Waals surface area contributed by atoms with Crippen LogP contribution in [0.5, 0.6) is 0 Å². The lowest BCUT2D eigenvalue weighted by Gasteiger charge is -2.12. The Labute approximate surface area is 93.8 Å². The van der Waals surface area contributed by atoms with Crippen LogP contribution in [0.3, 0.4) is 0 Å². The standard InChI is InChI=1S/C11H16N2O3/c12-10(14)5-3-8(4-6-11(13)15)9-2-1-7-16-9/h1-2,7-8H,3-6H2,(H2,12,14)(H2,13,15). The molecule has 0 atom stereocenters. The first-order valence-corrected chi connectivity index (χ1v) is 5.19. The molecular weight excluding hydrogens is 208 g/mol. The molecule has 1 aromatic heterocycles. The number of hydrogen-bond acceptors (Lipinski definition) is 3. The minimum absolute atomic E-state index is 0.0231. The van der Waals surface area contributed by atoms with Crippen molar-refractivity contribution in [1.29, 1.82) is 0 Å². The van der Waals surface area contributed by atoms with Crippen molar-refractivity contribution in [3.8, 4) is 0 Å². The van der Waals surface area contributed by atoms with Gasteiger partial charge in [0.05, 0.1) is 6.26 Å². The van der Waals surface area contributed by atoms with E-state index in [4.69, 9.17) is 15.9 Å². The van der Waals surface area contributed by atoms with Gasteiger partial charge in [0, 0.05) is 18.8 Å². The SMILES string of the molecule is NC(=O)CCC(CCC(N)=O)c1ccco1. The molecular formula is C11H16N2O3. The summed E-state index contributed by atoms with van der Waals surface area (Å²) in [6, 6.07) is 3.60. The Hall–Kier alpha value is -1.78. The van der Waals surface area contributed by atoms with Crippen LogP contribution >= 0.6 is 0 Å². The van der Waals surface area contributed by atoms with Gasteiger partial charge in [0.15, 0.2) is 0 Å². The van der Waals surface area contributed by atoms with Crippen LogP contribution in [0, 0.1) is 0 Å². The molecule has 0 radical (unpaired) electrons. The third kappa shape index (κ3) is 4.16. The molecule has 0 saturated heterocycles. The maximum absolute atomic E-state index is 10.7. The van der Waals surface area contributed by atoms with Crippen LogP contribution in [0.1, 0.15) is 37.4 Å². The Kier molecular flexibility index (Phi) is 4.57. The molecule has 0 unspecified atom stereocenters. The molecule has 16 heavy (non-hydrogen) atoms. The van der Waals surface area contributed by atoms with Crippen molar-refractivity contribution in [2.75, 3.05) is 0 Å². The molecule has 0 aromatic carbocycles. The van der Waals surface area contributed by atoms with E-state index in [1.165, 1.54) is 0 Å². The van der Waals surface area contributed by atoms with Gasteiger partial charge in [-0.1, -0.05) is 0 Å². The minimum Gasteiger partial charge on any atom is -0.469 e. The van der Waals surface area contributed by atoms with E-state index in [-0.39, 0.29) is 30.6 Å². The number of carbonyl (C=O) groups is 2. The summed E-state index contributed by atoms with van der Waals surface area (Å²) in [4.78, 5) is 21.4. The van der Waals surface area contributed by atoms with Crippen LogP contribution in [0.15, 0.2) is 22.8 Å². The second kappa shape index (κ2) is 5.95. The first-order valence-electron chi connectivity index (χ1n) is 5.19. The van der Waals surface area contributed by atoms with Gasteiger partial charge in [0.1, 0.15) is 5.76 Å². The van der Waals surface area contributed by atoms with Crippen LogP contribution in [0.25, 0.3) is 0 Å². The molecule has 0 aliphatic rings. The predicted octanol–water partition coefficient (Wildman–Crippen LogP) is 0.894. The molecule has 1 rings (SSSR count). The summed E-state index contributed by atoms with van der Waals surface area (Å²) < 4.78 is 5.26. The number of carbonyl (C=O) groups excluding carboxylic acids is 2. The van der Waals surface area contributed by atoms with Gasteiger partial charge >= 0.3 is 0 Å². The van der Waals surface area contributed by atoms with Crippen molar-refractivity contribution < 1.29 is 14.0 Å². The van der Waals surface area contributed by atoms with Crippen molar-refractivity contribution in [2.45, 2.75) is 31.6 Å². The fourth-order valence-corrected chi connectivity index (χ4v) is 1.59. The highest BCUT2D eigenvalue weighted by molar-refractivity contribution is 5.74. The quantitative estimate of drug-likeness (QED) is 0.719. The fourth-order valence-electron chi connectivity index (χ4n) is 1.59. The number of primary amides is 2. The smallest absolute Gasteiger partial charge is 0.217 e. The van der Waals surface area contributed by atoms with E-state index >= 15 is 0 Å². The number of rotatable bonds is 7. The van der Waals surface area contributed by atoms with Crippen LogP contribution < -0.4 is 11.5 Å². The summed E-state index contributed by atoms with van der Waals surface area (Å²) in [6.07, 6.45) is 3.29. The number of amides is 2. The molecule has 2 amide bonds. The lowest BCUT2D eigenvalue weighted by molar-refractivity contribution is -0.118. The average Bonchev–Trinajstić information content (AvgIpc) is 2.70. The molecule has 5 nitrogen and oxygen atoms in total. The zero-order valence-electron chi connectivity index (χ0n) is 9.02. The van der Waals surface area contributed by atoms with Crippen LogP contribution in [0.2, 0.25) is 0 Å². The van der Waals surface area contributed by atoms with Crippen LogP contribution in [-0.4, -0.2) is 11.8 Å². The Bertz CT molecular complexity index is 328. The van der Waals surface area contributed by atoms with Gasteiger partial charge in [-0.3, -0.25) is 9.59 Å². The zero-order valence-corrected chi connectivity index (χ0v) is 9.02. The predicted molar refractivity (Wildman–Crippen MR) is 58.3 cm³/mol. The Morgan fingerprint density at radius 2 is 1.75 bits per heavy atom.